The van der Waals surface area contributed by atoms with Crippen molar-refractivity contribution in [3.8, 4) is 0 Å². The molecule has 0 aromatic heterocycles. The predicted octanol–water partition coefficient (Wildman–Crippen LogP) is 2.82. The van der Waals surface area contributed by atoms with Crippen LogP contribution in [0.15, 0.2) is 22.7 Å². The molecule has 0 spiro atoms. The molecule has 1 nitrogen and oxygen atoms in total. The second kappa shape index (κ2) is 3.43. The van der Waals surface area contributed by atoms with Gasteiger partial charge in [-0.05, 0) is 43.4 Å². The molecule has 0 heterocycles. The van der Waals surface area contributed by atoms with E-state index in [9.17, 15) is 0 Å². The van der Waals surface area contributed by atoms with Crippen LogP contribution >= 0.6 is 15.9 Å². The zero-order chi connectivity index (χ0) is 9.42. The van der Waals surface area contributed by atoms with E-state index in [1.165, 1.54) is 22.0 Å². The van der Waals surface area contributed by atoms with Crippen molar-refractivity contribution in [2.45, 2.75) is 19.3 Å². The van der Waals surface area contributed by atoms with Gasteiger partial charge in [0.2, 0.25) is 0 Å². The van der Waals surface area contributed by atoms with Gasteiger partial charge in [0.1, 0.15) is 0 Å². The third kappa shape index (κ3) is 1.79. The molecule has 1 aliphatic carbocycles. The van der Waals surface area contributed by atoms with E-state index in [0.717, 1.165) is 12.5 Å². The van der Waals surface area contributed by atoms with Gasteiger partial charge in [-0.2, -0.15) is 0 Å². The fourth-order valence-electron chi connectivity index (χ4n) is 1.84. The Morgan fingerprint density at radius 1 is 1.54 bits per heavy atom. The van der Waals surface area contributed by atoms with Crippen molar-refractivity contribution in [2.75, 3.05) is 6.54 Å². The zero-order valence-electron chi connectivity index (χ0n) is 7.76. The molecule has 2 unspecified atom stereocenters. The molecule has 2 atom stereocenters. The van der Waals surface area contributed by atoms with Crippen LogP contribution in [0.2, 0.25) is 0 Å². The summed E-state index contributed by atoms with van der Waals surface area (Å²) in [6.07, 6.45) is 1.26. The molecular weight excluding hydrogens is 226 g/mol. The smallest absolute Gasteiger partial charge is 0.0210 e. The summed E-state index contributed by atoms with van der Waals surface area (Å²) in [7, 11) is 0. The zero-order valence-corrected chi connectivity index (χ0v) is 9.34. The molecule has 0 saturated heterocycles. The summed E-state index contributed by atoms with van der Waals surface area (Å²) in [6.45, 7) is 2.96. The standard InChI is InChI=1S/C11H14BrN/c1-7-2-3-11(12)10(4-7)9-5-8(9)6-13/h2-4,8-9H,5-6,13H2,1H3. The van der Waals surface area contributed by atoms with Gasteiger partial charge in [0, 0.05) is 4.47 Å². The van der Waals surface area contributed by atoms with E-state index >= 15 is 0 Å². The van der Waals surface area contributed by atoms with Crippen LogP contribution in [0.1, 0.15) is 23.5 Å². The molecular formula is C11H14BrN. The fourth-order valence-corrected chi connectivity index (χ4v) is 2.38. The van der Waals surface area contributed by atoms with E-state index in [4.69, 9.17) is 5.73 Å². The van der Waals surface area contributed by atoms with E-state index in [1.54, 1.807) is 0 Å². The van der Waals surface area contributed by atoms with Crippen molar-refractivity contribution in [3.63, 3.8) is 0 Å². The van der Waals surface area contributed by atoms with Gasteiger partial charge in [-0.3, -0.25) is 0 Å². The number of nitrogens with two attached hydrogens (primary N) is 1. The van der Waals surface area contributed by atoms with E-state index in [1.807, 2.05) is 0 Å². The first-order valence-electron chi connectivity index (χ1n) is 4.68. The SMILES string of the molecule is Cc1ccc(Br)c(C2CC2CN)c1. The Kier molecular flexibility index (Phi) is 2.43. The lowest BCUT2D eigenvalue weighted by Gasteiger charge is -2.04. The molecule has 1 aliphatic rings. The van der Waals surface area contributed by atoms with E-state index < -0.39 is 0 Å². The monoisotopic (exact) mass is 239 g/mol. The van der Waals surface area contributed by atoms with Gasteiger partial charge in [0.25, 0.3) is 0 Å². The number of rotatable bonds is 2. The third-order valence-electron chi connectivity index (χ3n) is 2.78. The lowest BCUT2D eigenvalue weighted by molar-refractivity contribution is 0.808. The summed E-state index contributed by atoms with van der Waals surface area (Å²) in [5, 5.41) is 0. The summed E-state index contributed by atoms with van der Waals surface area (Å²) in [6, 6.07) is 6.54. The Morgan fingerprint density at radius 2 is 2.31 bits per heavy atom. The summed E-state index contributed by atoms with van der Waals surface area (Å²) in [5.74, 6) is 1.43. The van der Waals surface area contributed by atoms with E-state index in [-0.39, 0.29) is 0 Å². The average molecular weight is 240 g/mol. The van der Waals surface area contributed by atoms with Gasteiger partial charge < -0.3 is 5.73 Å². The molecule has 0 bridgehead atoms. The lowest BCUT2D eigenvalue weighted by Crippen LogP contribution is -2.02. The minimum atomic E-state index is 0.708. The highest BCUT2D eigenvalue weighted by Crippen LogP contribution is 2.48. The largest absolute Gasteiger partial charge is 0.330 e. The highest BCUT2D eigenvalue weighted by Gasteiger charge is 2.37. The number of benzene rings is 1. The Balaban J connectivity index is 2.25. The molecule has 0 radical (unpaired) electrons. The number of hydrogen-bond donors (Lipinski definition) is 1. The second-order valence-corrected chi connectivity index (χ2v) is 4.72. The van der Waals surface area contributed by atoms with Gasteiger partial charge in [-0.1, -0.05) is 33.6 Å². The van der Waals surface area contributed by atoms with Crippen LogP contribution in [-0.2, 0) is 0 Å². The van der Waals surface area contributed by atoms with Gasteiger partial charge >= 0.3 is 0 Å². The molecule has 1 aromatic carbocycles. The van der Waals surface area contributed by atoms with Crippen LogP contribution in [-0.4, -0.2) is 6.54 Å². The quantitative estimate of drug-likeness (QED) is 0.845. The highest BCUT2D eigenvalue weighted by molar-refractivity contribution is 9.10. The topological polar surface area (TPSA) is 26.0 Å². The Bertz CT molecular complexity index is 322. The first kappa shape index (κ1) is 9.22. The minimum absolute atomic E-state index is 0.708. The number of aryl methyl sites for hydroxylation is 1. The highest BCUT2D eigenvalue weighted by atomic mass is 79.9. The summed E-state index contributed by atoms with van der Waals surface area (Å²) >= 11 is 3.59. The average Bonchev–Trinajstić information content (AvgIpc) is 2.88. The second-order valence-electron chi connectivity index (χ2n) is 3.86. The molecule has 70 valence electrons. The Labute approximate surface area is 87.5 Å². The van der Waals surface area contributed by atoms with Crippen LogP contribution in [0, 0.1) is 12.8 Å². The van der Waals surface area contributed by atoms with Crippen molar-refractivity contribution in [3.05, 3.63) is 33.8 Å². The van der Waals surface area contributed by atoms with Gasteiger partial charge in [-0.25, -0.2) is 0 Å². The van der Waals surface area contributed by atoms with Crippen molar-refractivity contribution < 1.29 is 0 Å². The van der Waals surface area contributed by atoms with Crippen LogP contribution < -0.4 is 5.73 Å². The Morgan fingerprint density at radius 3 is 2.92 bits per heavy atom. The van der Waals surface area contributed by atoms with Gasteiger partial charge in [0.05, 0.1) is 0 Å². The maximum atomic E-state index is 5.63. The predicted molar refractivity (Wildman–Crippen MR) is 58.8 cm³/mol. The van der Waals surface area contributed by atoms with Crippen LogP contribution in [0.4, 0.5) is 0 Å². The van der Waals surface area contributed by atoms with Crippen LogP contribution in [0.5, 0.6) is 0 Å². The van der Waals surface area contributed by atoms with Crippen molar-refractivity contribution in [1.82, 2.24) is 0 Å². The molecule has 13 heavy (non-hydrogen) atoms. The molecule has 2 heteroatoms. The molecule has 0 amide bonds. The summed E-state index contributed by atoms with van der Waals surface area (Å²) in [5.41, 5.74) is 8.41. The lowest BCUT2D eigenvalue weighted by atomic mass is 10.1. The number of halogens is 1. The first-order valence-corrected chi connectivity index (χ1v) is 5.48. The molecule has 2 rings (SSSR count). The maximum absolute atomic E-state index is 5.63. The molecule has 0 aliphatic heterocycles. The Hall–Kier alpha value is -0.340. The first-order chi connectivity index (χ1) is 6.22. The maximum Gasteiger partial charge on any atom is 0.0210 e. The summed E-state index contributed by atoms with van der Waals surface area (Å²) < 4.78 is 1.24. The normalized spacial score (nSPS) is 26.1. The van der Waals surface area contributed by atoms with Gasteiger partial charge in [-0.15, -0.1) is 0 Å². The molecule has 1 saturated carbocycles. The summed E-state index contributed by atoms with van der Waals surface area (Å²) in [4.78, 5) is 0. The van der Waals surface area contributed by atoms with Crippen LogP contribution in [0.3, 0.4) is 0 Å². The molecule has 2 N–H and O–H groups in total. The minimum Gasteiger partial charge on any atom is -0.330 e. The molecule has 1 aromatic rings. The van der Waals surface area contributed by atoms with E-state index in [2.05, 4.69) is 41.1 Å². The number of hydrogen-bond acceptors (Lipinski definition) is 1. The fraction of sp³-hybridized carbons (Fsp3) is 0.455. The van der Waals surface area contributed by atoms with Crippen molar-refractivity contribution >= 4 is 15.9 Å². The molecule has 1 fully saturated rings. The van der Waals surface area contributed by atoms with Crippen molar-refractivity contribution in [2.24, 2.45) is 11.7 Å². The third-order valence-corrected chi connectivity index (χ3v) is 3.50. The van der Waals surface area contributed by atoms with Gasteiger partial charge in [0.15, 0.2) is 0 Å². The van der Waals surface area contributed by atoms with Crippen molar-refractivity contribution in [1.29, 1.82) is 0 Å². The van der Waals surface area contributed by atoms with E-state index in [0.29, 0.717) is 5.92 Å². The van der Waals surface area contributed by atoms with Crippen LogP contribution in [0.25, 0.3) is 0 Å².